The highest BCUT2D eigenvalue weighted by atomic mass is 28.3. The van der Waals surface area contributed by atoms with E-state index < -0.39 is 8.07 Å². The Kier molecular flexibility index (Phi) is 8.22. The predicted octanol–water partition coefficient (Wildman–Crippen LogP) is 10.5. The molecule has 7 rings (SSSR count). The number of nitrogens with zero attached hydrogens (tertiary/aromatic N) is 3. The number of nitrogens with one attached hydrogen (secondary N) is 1. The second-order valence-electron chi connectivity index (χ2n) is 16.4. The minimum atomic E-state index is -2.02. The average molecular weight is 679 g/mol. The quantitative estimate of drug-likeness (QED) is 0.246. The molecule has 0 saturated carbocycles. The first-order valence-corrected chi connectivity index (χ1v) is 20.4. The van der Waals surface area contributed by atoms with Crippen LogP contribution in [0.2, 0.25) is 16.6 Å². The Hall–Kier alpha value is -4.47. The Morgan fingerprint density at radius 1 is 0.860 bits per heavy atom. The zero-order valence-corrected chi connectivity index (χ0v) is 32.6. The van der Waals surface area contributed by atoms with Gasteiger partial charge in [-0.25, -0.2) is 15.0 Å². The number of benzene rings is 1. The van der Waals surface area contributed by atoms with Crippen molar-refractivity contribution in [3.63, 3.8) is 0 Å². The fraction of sp³-hybridized carbons (Fsp3) is 0.386. The second kappa shape index (κ2) is 12.1. The van der Waals surface area contributed by atoms with E-state index >= 15 is 0 Å². The van der Waals surface area contributed by atoms with Crippen LogP contribution in [0.25, 0.3) is 5.57 Å². The monoisotopic (exact) mass is 678 g/mol. The van der Waals surface area contributed by atoms with E-state index in [1.807, 2.05) is 0 Å². The van der Waals surface area contributed by atoms with Crippen molar-refractivity contribution in [2.45, 2.75) is 106 Å². The largest absolute Gasteiger partial charge is 0.511 e. The zero-order valence-electron chi connectivity index (χ0n) is 31.6. The summed E-state index contributed by atoms with van der Waals surface area (Å²) in [6.45, 7) is 25.1. The molecule has 2 N–H and O–H groups in total. The number of fused-ring (bicyclic) bond motifs is 5. The summed E-state index contributed by atoms with van der Waals surface area (Å²) >= 11 is 0. The lowest BCUT2D eigenvalue weighted by atomic mass is 9.87. The molecule has 0 atom stereocenters. The molecule has 8 bridgehead atoms. The van der Waals surface area contributed by atoms with Gasteiger partial charge in [0.25, 0.3) is 0 Å². The van der Waals surface area contributed by atoms with Gasteiger partial charge in [-0.05, 0) is 97.0 Å². The van der Waals surface area contributed by atoms with Gasteiger partial charge in [-0.15, -0.1) is 5.54 Å². The molecule has 256 valence electrons. The third-order valence-corrected chi connectivity index (χ3v) is 17.8. The molecule has 5 heterocycles. The van der Waals surface area contributed by atoms with Gasteiger partial charge in [0.2, 0.25) is 0 Å². The molecule has 0 aromatic heterocycles. The standard InChI is InChI=1S/C44H50N4OSi/c1-24(2)50(25(3)4,26(5)6)15-14-30-18-36-42(41-28(8)16-27(7)17-29(41)9)37-21-34-39(49)22-33(43(34)48-37)38-23-44(10,11)40(47-38)20-32-13-12-31(45-32)19-35(30)46-36/h12-13,16-21,24-26,47,49H,22-23H2,1-11H3. The van der Waals surface area contributed by atoms with Crippen LogP contribution < -0.4 is 5.32 Å². The number of rotatable bonds is 4. The van der Waals surface area contributed by atoms with Gasteiger partial charge in [0.15, 0.2) is 0 Å². The summed E-state index contributed by atoms with van der Waals surface area (Å²) in [4.78, 5) is 15.8. The maximum Gasteiger partial charge on any atom is 0.146 e. The summed E-state index contributed by atoms with van der Waals surface area (Å²) in [5, 5.41) is 15.1. The summed E-state index contributed by atoms with van der Waals surface area (Å²) in [6.07, 6.45) is 14.0. The number of aliphatic hydroxyl groups excluding tert-OH is 1. The summed E-state index contributed by atoms with van der Waals surface area (Å²) in [5.74, 6) is 4.11. The highest BCUT2D eigenvalue weighted by Gasteiger charge is 2.42. The molecule has 1 aromatic carbocycles. The van der Waals surface area contributed by atoms with Crippen LogP contribution in [0.15, 0.2) is 115 Å². The molecule has 5 aliphatic heterocycles. The lowest BCUT2D eigenvalue weighted by Gasteiger charge is -2.38. The lowest BCUT2D eigenvalue weighted by molar-refractivity contribution is 0.400. The summed E-state index contributed by atoms with van der Waals surface area (Å²) in [7, 11) is -2.02. The van der Waals surface area contributed by atoms with Crippen molar-refractivity contribution in [1.82, 2.24) is 5.32 Å². The number of hydrogen-bond donors (Lipinski definition) is 2. The first kappa shape index (κ1) is 34.0. The van der Waals surface area contributed by atoms with E-state index in [4.69, 9.17) is 15.0 Å². The van der Waals surface area contributed by atoms with E-state index in [0.29, 0.717) is 28.8 Å². The number of aliphatic hydroxyl groups is 1. The van der Waals surface area contributed by atoms with Gasteiger partial charge in [0.05, 0.1) is 39.8 Å². The van der Waals surface area contributed by atoms with Gasteiger partial charge in [-0.2, -0.15) is 0 Å². The van der Waals surface area contributed by atoms with E-state index in [9.17, 15) is 5.11 Å². The number of aliphatic imine (C=N–C) groups is 3. The highest BCUT2D eigenvalue weighted by Crippen LogP contribution is 2.47. The van der Waals surface area contributed by atoms with E-state index in [1.54, 1.807) is 0 Å². The Balaban J connectivity index is 1.54. The van der Waals surface area contributed by atoms with Crippen LogP contribution in [-0.4, -0.2) is 30.3 Å². The van der Waals surface area contributed by atoms with E-state index in [1.165, 1.54) is 16.7 Å². The van der Waals surface area contributed by atoms with Crippen LogP contribution in [0.3, 0.4) is 0 Å². The molecule has 1 saturated heterocycles. The molecule has 1 fully saturated rings. The zero-order chi connectivity index (χ0) is 35.9. The Morgan fingerprint density at radius 3 is 2.20 bits per heavy atom. The minimum Gasteiger partial charge on any atom is -0.511 e. The van der Waals surface area contributed by atoms with Gasteiger partial charge in [-0.3, -0.25) is 0 Å². The molecule has 50 heavy (non-hydrogen) atoms. The van der Waals surface area contributed by atoms with Crippen LogP contribution >= 0.6 is 0 Å². The molecule has 1 aliphatic carbocycles. The Bertz CT molecular complexity index is 2120. The van der Waals surface area contributed by atoms with Crippen molar-refractivity contribution in [3.05, 3.63) is 122 Å². The van der Waals surface area contributed by atoms with Crippen molar-refractivity contribution >= 4 is 30.8 Å². The Morgan fingerprint density at radius 2 is 1.54 bits per heavy atom. The van der Waals surface area contributed by atoms with Gasteiger partial charge in [0, 0.05) is 39.9 Å². The first-order chi connectivity index (χ1) is 23.6. The van der Waals surface area contributed by atoms with E-state index in [2.05, 4.69) is 142 Å². The van der Waals surface area contributed by atoms with Crippen LogP contribution in [0.1, 0.15) is 90.5 Å². The maximum atomic E-state index is 11.4. The van der Waals surface area contributed by atoms with E-state index in [-0.39, 0.29) is 5.41 Å². The molecule has 1 aromatic rings. The van der Waals surface area contributed by atoms with Crippen molar-refractivity contribution < 1.29 is 5.11 Å². The molecule has 0 unspecified atom stereocenters. The highest BCUT2D eigenvalue weighted by molar-refractivity contribution is 6.90. The SMILES string of the molecule is Cc1cc(C)c(C2=C3C=C(C#C[Si](C(C)C)(C(C)C)C(C)C)C(=N3)C=C3C=CC(=N3)C=C3NC(=C4CC(O)=C5C=C2N=C54)CC3(C)C)c(C)c1. The van der Waals surface area contributed by atoms with Crippen molar-refractivity contribution in [3.8, 4) is 11.5 Å². The Labute approximate surface area is 299 Å². The molecule has 0 radical (unpaired) electrons. The molecule has 0 amide bonds. The van der Waals surface area contributed by atoms with Gasteiger partial charge in [0.1, 0.15) is 13.8 Å². The summed E-state index contributed by atoms with van der Waals surface area (Å²) < 4.78 is 0. The number of aryl methyl sites for hydroxylation is 3. The molecular formula is C44H50N4OSi. The maximum absolute atomic E-state index is 11.4. The number of allylic oxidation sites excluding steroid dienone is 12. The third-order valence-electron chi connectivity index (χ3n) is 11.5. The van der Waals surface area contributed by atoms with E-state index in [0.717, 1.165) is 79.9 Å². The van der Waals surface area contributed by atoms with Gasteiger partial charge >= 0.3 is 0 Å². The number of hydrogen-bond acceptors (Lipinski definition) is 5. The second-order valence-corrected chi connectivity index (χ2v) is 22.0. The van der Waals surface area contributed by atoms with Crippen LogP contribution in [0, 0.1) is 37.7 Å². The molecule has 0 spiro atoms. The van der Waals surface area contributed by atoms with Crippen molar-refractivity contribution in [2.75, 3.05) is 0 Å². The topological polar surface area (TPSA) is 69.3 Å². The predicted molar refractivity (Wildman–Crippen MR) is 213 cm³/mol. The average Bonchev–Trinajstić information content (AvgIpc) is 3.82. The lowest BCUT2D eigenvalue weighted by Crippen LogP contribution is -2.43. The molecule has 5 nitrogen and oxygen atoms in total. The molecule has 6 aliphatic rings. The smallest absolute Gasteiger partial charge is 0.146 e. The molecular weight excluding hydrogens is 629 g/mol. The molecule has 6 heteroatoms. The summed E-state index contributed by atoms with van der Waals surface area (Å²) in [6, 6.07) is 4.47. The van der Waals surface area contributed by atoms with Crippen molar-refractivity contribution in [1.29, 1.82) is 0 Å². The normalized spacial score (nSPS) is 20.6. The fourth-order valence-corrected chi connectivity index (χ4v) is 14.3. The fourth-order valence-electron chi connectivity index (χ4n) is 9.10. The van der Waals surface area contributed by atoms with Crippen LogP contribution in [0.5, 0.6) is 0 Å². The first-order valence-electron chi connectivity index (χ1n) is 18.2. The van der Waals surface area contributed by atoms with Crippen LogP contribution in [-0.2, 0) is 0 Å². The van der Waals surface area contributed by atoms with Gasteiger partial charge in [-0.1, -0.05) is 79.0 Å². The van der Waals surface area contributed by atoms with Gasteiger partial charge < -0.3 is 10.4 Å². The van der Waals surface area contributed by atoms with Crippen molar-refractivity contribution in [2.24, 2.45) is 20.4 Å². The van der Waals surface area contributed by atoms with Crippen LogP contribution in [0.4, 0.5) is 0 Å². The summed E-state index contributed by atoms with van der Waals surface area (Å²) in [5.41, 5.74) is 21.2. The third kappa shape index (κ3) is 5.51. The minimum absolute atomic E-state index is 0.121.